The Morgan fingerprint density at radius 2 is 2.13 bits per heavy atom. The van der Waals surface area contributed by atoms with Crippen molar-refractivity contribution in [3.05, 3.63) is 42.7 Å². The third-order valence-electron chi connectivity index (χ3n) is 4.40. The monoisotopic (exact) mass is 313 g/mol. The molecule has 0 aliphatic carbocycles. The van der Waals surface area contributed by atoms with E-state index in [9.17, 15) is 4.79 Å². The fraction of sp³-hybridized carbons (Fsp3) is 0.412. The number of amides is 1. The van der Waals surface area contributed by atoms with Gasteiger partial charge in [0.15, 0.2) is 11.5 Å². The summed E-state index contributed by atoms with van der Waals surface area (Å²) in [6, 6.07) is 9.53. The first-order chi connectivity index (χ1) is 11.3. The Kier molecular flexibility index (Phi) is 3.65. The topological polar surface area (TPSA) is 56.6 Å². The molecule has 0 bridgehead atoms. The molecule has 1 saturated heterocycles. The highest BCUT2D eigenvalue weighted by atomic mass is 16.6. The van der Waals surface area contributed by atoms with Crippen molar-refractivity contribution < 1.29 is 14.3 Å². The van der Waals surface area contributed by atoms with Crippen LogP contribution < -0.4 is 9.47 Å². The van der Waals surface area contributed by atoms with Crippen LogP contribution in [-0.2, 0) is 11.3 Å². The third kappa shape index (κ3) is 2.76. The van der Waals surface area contributed by atoms with Gasteiger partial charge in [-0.3, -0.25) is 9.48 Å². The summed E-state index contributed by atoms with van der Waals surface area (Å²) in [4.78, 5) is 14.8. The van der Waals surface area contributed by atoms with Crippen LogP contribution in [0.4, 0.5) is 0 Å². The number of carbonyl (C=O) groups excluding carboxylic acids is 1. The maximum absolute atomic E-state index is 12.8. The van der Waals surface area contributed by atoms with Crippen molar-refractivity contribution in [1.82, 2.24) is 14.7 Å². The van der Waals surface area contributed by atoms with Gasteiger partial charge in [0.2, 0.25) is 6.10 Å². The zero-order valence-electron chi connectivity index (χ0n) is 12.8. The molecule has 6 heteroatoms. The number of fused-ring (bicyclic) bond motifs is 1. The van der Waals surface area contributed by atoms with E-state index in [1.807, 2.05) is 46.1 Å². The van der Waals surface area contributed by atoms with E-state index in [0.717, 1.165) is 25.9 Å². The molecule has 0 N–H and O–H groups in total. The molecule has 4 rings (SSSR count). The highest BCUT2D eigenvalue weighted by Gasteiger charge is 2.36. The van der Waals surface area contributed by atoms with Gasteiger partial charge in [0.05, 0.1) is 12.6 Å². The first kappa shape index (κ1) is 14.1. The van der Waals surface area contributed by atoms with Crippen LogP contribution >= 0.6 is 0 Å². The quantitative estimate of drug-likeness (QED) is 0.866. The Balaban J connectivity index is 1.46. The molecule has 0 spiro atoms. The lowest BCUT2D eigenvalue weighted by molar-refractivity contribution is -0.142. The van der Waals surface area contributed by atoms with Crippen LogP contribution in [0, 0.1) is 0 Å². The van der Waals surface area contributed by atoms with Crippen molar-refractivity contribution in [3.63, 3.8) is 0 Å². The number of ether oxygens (including phenoxy) is 2. The predicted octanol–water partition coefficient (Wildman–Crippen LogP) is 1.71. The summed E-state index contributed by atoms with van der Waals surface area (Å²) in [5.41, 5.74) is 0. The van der Waals surface area contributed by atoms with E-state index in [-0.39, 0.29) is 18.6 Å². The van der Waals surface area contributed by atoms with Crippen LogP contribution in [0.1, 0.15) is 12.8 Å². The number of likely N-dealkylation sites (tertiary alicyclic amines) is 1. The number of hydrogen-bond donors (Lipinski definition) is 0. The minimum atomic E-state index is -0.567. The Bertz CT molecular complexity index is 686. The second-order valence-corrected chi connectivity index (χ2v) is 5.92. The third-order valence-corrected chi connectivity index (χ3v) is 4.40. The Labute approximate surface area is 134 Å². The summed E-state index contributed by atoms with van der Waals surface area (Å²) in [6.07, 6.45) is 5.13. The number of aromatic nitrogens is 2. The largest absolute Gasteiger partial charge is 0.485 e. The smallest absolute Gasteiger partial charge is 0.267 e. The molecular weight excluding hydrogens is 294 g/mol. The molecule has 120 valence electrons. The van der Waals surface area contributed by atoms with Gasteiger partial charge < -0.3 is 14.4 Å². The molecule has 2 aliphatic rings. The average Bonchev–Trinajstić information content (AvgIpc) is 3.26. The molecule has 0 unspecified atom stereocenters. The normalized spacial score (nSPS) is 23.0. The van der Waals surface area contributed by atoms with Gasteiger partial charge in [0, 0.05) is 18.9 Å². The van der Waals surface area contributed by atoms with Crippen LogP contribution in [0.15, 0.2) is 42.7 Å². The van der Waals surface area contributed by atoms with Crippen LogP contribution in [0.3, 0.4) is 0 Å². The van der Waals surface area contributed by atoms with Crippen molar-refractivity contribution in [2.24, 2.45) is 0 Å². The van der Waals surface area contributed by atoms with Crippen molar-refractivity contribution in [3.8, 4) is 11.5 Å². The van der Waals surface area contributed by atoms with E-state index < -0.39 is 6.10 Å². The van der Waals surface area contributed by atoms with Crippen LogP contribution in [0.2, 0.25) is 0 Å². The van der Waals surface area contributed by atoms with E-state index >= 15 is 0 Å². The van der Waals surface area contributed by atoms with Crippen LogP contribution in [0.5, 0.6) is 11.5 Å². The van der Waals surface area contributed by atoms with Crippen LogP contribution in [0.25, 0.3) is 0 Å². The summed E-state index contributed by atoms with van der Waals surface area (Å²) in [5, 5.41) is 4.24. The molecule has 2 atom stereocenters. The Morgan fingerprint density at radius 1 is 1.26 bits per heavy atom. The highest BCUT2D eigenvalue weighted by Crippen LogP contribution is 2.32. The lowest BCUT2D eigenvalue weighted by atomic mass is 10.2. The number of nitrogens with zero attached hydrogens (tertiary/aromatic N) is 3. The predicted molar refractivity (Wildman–Crippen MR) is 83.3 cm³/mol. The van der Waals surface area contributed by atoms with E-state index in [4.69, 9.17) is 9.47 Å². The number of rotatable bonds is 3. The lowest BCUT2D eigenvalue weighted by Gasteiger charge is -2.31. The van der Waals surface area contributed by atoms with Crippen molar-refractivity contribution >= 4 is 5.91 Å². The molecule has 23 heavy (non-hydrogen) atoms. The van der Waals surface area contributed by atoms with Gasteiger partial charge in [-0.25, -0.2) is 0 Å². The van der Waals surface area contributed by atoms with Crippen molar-refractivity contribution in [2.45, 2.75) is 31.5 Å². The van der Waals surface area contributed by atoms with Gasteiger partial charge in [-0.05, 0) is 31.0 Å². The zero-order valence-corrected chi connectivity index (χ0v) is 12.8. The Morgan fingerprint density at radius 3 is 2.96 bits per heavy atom. The molecule has 6 nitrogen and oxygen atoms in total. The summed E-state index contributed by atoms with van der Waals surface area (Å²) < 4.78 is 13.4. The van der Waals surface area contributed by atoms with Gasteiger partial charge in [-0.15, -0.1) is 0 Å². The second-order valence-electron chi connectivity index (χ2n) is 5.92. The molecule has 1 aromatic heterocycles. The van der Waals surface area contributed by atoms with Gasteiger partial charge in [0.1, 0.15) is 6.61 Å². The highest BCUT2D eigenvalue weighted by molar-refractivity contribution is 5.82. The van der Waals surface area contributed by atoms with Gasteiger partial charge in [0.25, 0.3) is 5.91 Å². The maximum atomic E-state index is 12.8. The molecule has 2 aliphatic heterocycles. The lowest BCUT2D eigenvalue weighted by Crippen LogP contribution is -2.49. The van der Waals surface area contributed by atoms with Crippen LogP contribution in [-0.4, -0.2) is 45.9 Å². The SMILES string of the molecule is O=C([C@H]1COc2ccccc2O1)N1CCC[C@@H]1Cn1cccn1. The van der Waals surface area contributed by atoms with Gasteiger partial charge in [-0.1, -0.05) is 12.1 Å². The summed E-state index contributed by atoms with van der Waals surface area (Å²) in [6.45, 7) is 1.76. The molecule has 2 aromatic rings. The minimum Gasteiger partial charge on any atom is -0.485 e. The maximum Gasteiger partial charge on any atom is 0.267 e. The molecule has 1 amide bonds. The molecular formula is C17H19N3O3. The van der Waals surface area contributed by atoms with E-state index in [1.54, 1.807) is 6.20 Å². The minimum absolute atomic E-state index is 0.00848. The molecule has 0 radical (unpaired) electrons. The number of benzene rings is 1. The van der Waals surface area contributed by atoms with E-state index in [1.165, 1.54) is 0 Å². The molecule has 1 aromatic carbocycles. The average molecular weight is 313 g/mol. The van der Waals surface area contributed by atoms with Crippen molar-refractivity contribution in [1.29, 1.82) is 0 Å². The first-order valence-electron chi connectivity index (χ1n) is 7.97. The fourth-order valence-electron chi connectivity index (χ4n) is 3.27. The number of carbonyl (C=O) groups is 1. The number of para-hydroxylation sites is 2. The number of hydrogen-bond acceptors (Lipinski definition) is 4. The Hall–Kier alpha value is -2.50. The zero-order chi connectivity index (χ0) is 15.6. The standard InChI is InChI=1S/C17H19N3O3/c21-17(16-12-22-14-6-1-2-7-15(14)23-16)20-10-3-5-13(20)11-19-9-4-8-18-19/h1-2,4,6-9,13,16H,3,5,10-12H2/t13-,16-/m1/s1. The summed E-state index contributed by atoms with van der Waals surface area (Å²) in [7, 11) is 0. The van der Waals surface area contributed by atoms with E-state index in [0.29, 0.717) is 11.5 Å². The second kappa shape index (κ2) is 5.95. The van der Waals surface area contributed by atoms with Crippen molar-refractivity contribution in [2.75, 3.05) is 13.2 Å². The molecule has 3 heterocycles. The van der Waals surface area contributed by atoms with E-state index in [2.05, 4.69) is 5.10 Å². The van der Waals surface area contributed by atoms with Gasteiger partial charge in [-0.2, -0.15) is 5.10 Å². The fourth-order valence-corrected chi connectivity index (χ4v) is 3.27. The summed E-state index contributed by atoms with van der Waals surface area (Å²) in [5.74, 6) is 1.35. The summed E-state index contributed by atoms with van der Waals surface area (Å²) >= 11 is 0. The molecule has 0 saturated carbocycles. The molecule has 1 fully saturated rings. The van der Waals surface area contributed by atoms with Gasteiger partial charge >= 0.3 is 0 Å². The first-order valence-corrected chi connectivity index (χ1v) is 7.97.